The molecule has 1 saturated carbocycles. The number of nitrogens with zero attached hydrogens (tertiary/aromatic N) is 3. The highest BCUT2D eigenvalue weighted by molar-refractivity contribution is 6.31. The van der Waals surface area contributed by atoms with Crippen LogP contribution in [0.25, 0.3) is 0 Å². The molecule has 208 valence electrons. The van der Waals surface area contributed by atoms with Crippen LogP contribution >= 0.6 is 11.6 Å². The van der Waals surface area contributed by atoms with E-state index in [0.29, 0.717) is 30.2 Å². The van der Waals surface area contributed by atoms with Gasteiger partial charge in [-0.15, -0.1) is 0 Å². The van der Waals surface area contributed by atoms with E-state index in [1.54, 1.807) is 17.0 Å². The summed E-state index contributed by atoms with van der Waals surface area (Å²) < 4.78 is 15.8. The molecule has 8 heteroatoms. The van der Waals surface area contributed by atoms with Gasteiger partial charge in [0, 0.05) is 41.2 Å². The predicted octanol–water partition coefficient (Wildman–Crippen LogP) is 7.32. The van der Waals surface area contributed by atoms with Crippen LogP contribution in [-0.4, -0.2) is 44.9 Å². The Morgan fingerprint density at radius 1 is 1.08 bits per heavy atom. The maximum Gasteiger partial charge on any atom is 0.322 e. The van der Waals surface area contributed by atoms with Crippen molar-refractivity contribution < 1.29 is 14.0 Å². The van der Waals surface area contributed by atoms with Crippen LogP contribution in [0.4, 0.5) is 14.9 Å². The number of benzene rings is 2. The molecular formula is C31H38ClFN4O2. The third-order valence-electron chi connectivity index (χ3n) is 7.66. The van der Waals surface area contributed by atoms with Crippen molar-refractivity contribution in [1.29, 1.82) is 0 Å². The Morgan fingerprint density at radius 3 is 2.56 bits per heavy atom. The van der Waals surface area contributed by atoms with Crippen LogP contribution in [0.15, 0.2) is 66.9 Å². The van der Waals surface area contributed by atoms with E-state index in [9.17, 15) is 14.0 Å². The third-order valence-corrected chi connectivity index (χ3v) is 8.02. The number of anilines is 1. The monoisotopic (exact) mass is 552 g/mol. The number of amides is 3. The summed E-state index contributed by atoms with van der Waals surface area (Å²) in [4.78, 5) is 30.7. The zero-order chi connectivity index (χ0) is 27.8. The molecule has 3 aromatic rings. The fourth-order valence-corrected chi connectivity index (χ4v) is 5.39. The number of rotatable bonds is 10. The highest BCUT2D eigenvalue weighted by Crippen LogP contribution is 2.26. The molecule has 1 heterocycles. The number of carbonyl (C=O) groups excluding carboxylic acids is 2. The van der Waals surface area contributed by atoms with Crippen molar-refractivity contribution in [2.75, 3.05) is 11.9 Å². The van der Waals surface area contributed by atoms with Crippen LogP contribution in [-0.2, 0) is 17.9 Å². The van der Waals surface area contributed by atoms with E-state index in [1.165, 1.54) is 18.6 Å². The first-order valence-electron chi connectivity index (χ1n) is 13.9. The zero-order valence-corrected chi connectivity index (χ0v) is 23.5. The molecule has 1 N–H and O–H groups in total. The third kappa shape index (κ3) is 7.63. The number of halogens is 2. The number of carbonyl (C=O) groups is 2. The minimum atomic E-state index is -0.428. The van der Waals surface area contributed by atoms with Gasteiger partial charge in [-0.2, -0.15) is 0 Å². The van der Waals surface area contributed by atoms with Gasteiger partial charge in [0.15, 0.2) is 0 Å². The van der Waals surface area contributed by atoms with Crippen molar-refractivity contribution in [3.8, 4) is 0 Å². The van der Waals surface area contributed by atoms with E-state index in [-0.39, 0.29) is 24.5 Å². The Balaban J connectivity index is 1.54. The minimum absolute atomic E-state index is 0.0438. The summed E-state index contributed by atoms with van der Waals surface area (Å²) in [6.45, 7) is 4.94. The van der Waals surface area contributed by atoms with Crippen molar-refractivity contribution in [2.45, 2.75) is 77.5 Å². The summed E-state index contributed by atoms with van der Waals surface area (Å²) in [7, 11) is 0. The lowest BCUT2D eigenvalue weighted by atomic mass is 9.94. The number of aromatic nitrogens is 1. The first kappa shape index (κ1) is 28.7. The SMILES string of the molecule is CC[C@@H](C)N(CC(=O)N(Cc1cccn1Cc1ccccc1Cl)C1CCCCC1)C(=O)Nc1cccc(F)c1. The van der Waals surface area contributed by atoms with E-state index in [0.717, 1.165) is 36.9 Å². The Bertz CT molecular complexity index is 1260. The van der Waals surface area contributed by atoms with Crippen molar-refractivity contribution in [3.05, 3.63) is 89.0 Å². The van der Waals surface area contributed by atoms with E-state index in [1.807, 2.05) is 61.3 Å². The lowest BCUT2D eigenvalue weighted by molar-refractivity contribution is -0.136. The quantitative estimate of drug-likeness (QED) is 0.286. The minimum Gasteiger partial charge on any atom is -0.345 e. The average Bonchev–Trinajstić information content (AvgIpc) is 3.38. The highest BCUT2D eigenvalue weighted by Gasteiger charge is 2.30. The smallest absolute Gasteiger partial charge is 0.322 e. The van der Waals surface area contributed by atoms with Crippen molar-refractivity contribution in [2.24, 2.45) is 0 Å². The van der Waals surface area contributed by atoms with Crippen molar-refractivity contribution in [1.82, 2.24) is 14.4 Å². The van der Waals surface area contributed by atoms with Crippen molar-refractivity contribution >= 4 is 29.2 Å². The molecule has 3 amide bonds. The largest absolute Gasteiger partial charge is 0.345 e. The lowest BCUT2D eigenvalue weighted by Gasteiger charge is -2.37. The molecule has 1 aromatic heterocycles. The summed E-state index contributed by atoms with van der Waals surface area (Å²) in [6, 6.07) is 17.2. The first-order chi connectivity index (χ1) is 18.9. The van der Waals surface area contributed by atoms with Gasteiger partial charge in [-0.3, -0.25) is 4.79 Å². The van der Waals surface area contributed by atoms with Gasteiger partial charge < -0.3 is 19.7 Å². The van der Waals surface area contributed by atoms with E-state index in [4.69, 9.17) is 11.6 Å². The Labute approximate surface area is 235 Å². The molecule has 0 unspecified atom stereocenters. The topological polar surface area (TPSA) is 57.6 Å². The van der Waals surface area contributed by atoms with Crippen LogP contribution in [0.1, 0.15) is 63.6 Å². The standard InChI is InChI=1S/C31H38ClFN4O2/c1-3-23(2)36(31(39)34-26-13-9-12-25(33)19-26)22-30(38)37(27-14-5-4-6-15-27)21-28-16-10-18-35(28)20-24-11-7-8-17-29(24)32/h7-13,16-19,23,27H,3-6,14-15,20-22H2,1-2H3,(H,34,39)/t23-/m1/s1. The molecule has 0 radical (unpaired) electrons. The summed E-state index contributed by atoms with van der Waals surface area (Å²) in [6.07, 6.45) is 7.96. The summed E-state index contributed by atoms with van der Waals surface area (Å²) >= 11 is 6.43. The molecule has 1 atom stereocenters. The number of urea groups is 1. The molecular weight excluding hydrogens is 515 g/mol. The molecule has 0 saturated heterocycles. The second-order valence-corrected chi connectivity index (χ2v) is 10.8. The number of hydrogen-bond donors (Lipinski definition) is 1. The molecule has 1 aliphatic rings. The second-order valence-electron chi connectivity index (χ2n) is 10.4. The lowest BCUT2D eigenvalue weighted by Crippen LogP contribution is -2.50. The van der Waals surface area contributed by atoms with Crippen molar-refractivity contribution in [3.63, 3.8) is 0 Å². The zero-order valence-electron chi connectivity index (χ0n) is 22.8. The Kier molecular flexibility index (Phi) is 10.0. The second kappa shape index (κ2) is 13.7. The van der Waals surface area contributed by atoms with Gasteiger partial charge in [0.05, 0.1) is 6.54 Å². The van der Waals surface area contributed by atoms with Gasteiger partial charge in [0.25, 0.3) is 0 Å². The summed E-state index contributed by atoms with van der Waals surface area (Å²) in [5, 5.41) is 3.48. The molecule has 6 nitrogen and oxygen atoms in total. The molecule has 4 rings (SSSR count). The van der Waals surface area contributed by atoms with Crippen LogP contribution in [0, 0.1) is 5.82 Å². The van der Waals surface area contributed by atoms with E-state index >= 15 is 0 Å². The Morgan fingerprint density at radius 2 is 1.85 bits per heavy atom. The van der Waals surface area contributed by atoms with Gasteiger partial charge in [0.2, 0.25) is 5.91 Å². The fraction of sp³-hybridized carbons (Fsp3) is 0.419. The molecule has 0 bridgehead atoms. The normalized spacial score (nSPS) is 14.6. The van der Waals surface area contributed by atoms with Crippen LogP contribution < -0.4 is 5.32 Å². The fourth-order valence-electron chi connectivity index (χ4n) is 5.19. The highest BCUT2D eigenvalue weighted by atomic mass is 35.5. The summed E-state index contributed by atoms with van der Waals surface area (Å²) in [5.41, 5.74) is 2.40. The first-order valence-corrected chi connectivity index (χ1v) is 14.2. The number of nitrogens with one attached hydrogen (secondary N) is 1. The van der Waals surface area contributed by atoms with Crippen LogP contribution in [0.5, 0.6) is 0 Å². The van der Waals surface area contributed by atoms with Gasteiger partial charge in [0.1, 0.15) is 12.4 Å². The van der Waals surface area contributed by atoms with E-state index in [2.05, 4.69) is 9.88 Å². The maximum atomic E-state index is 13.9. The predicted molar refractivity (Wildman–Crippen MR) is 154 cm³/mol. The van der Waals surface area contributed by atoms with Gasteiger partial charge in [-0.1, -0.05) is 62.1 Å². The molecule has 0 spiro atoms. The average molecular weight is 553 g/mol. The van der Waals surface area contributed by atoms with Gasteiger partial charge in [-0.25, -0.2) is 9.18 Å². The molecule has 1 aliphatic carbocycles. The number of hydrogen-bond acceptors (Lipinski definition) is 2. The van der Waals surface area contributed by atoms with Crippen LogP contribution in [0.2, 0.25) is 5.02 Å². The summed E-state index contributed by atoms with van der Waals surface area (Å²) in [5.74, 6) is -0.510. The maximum absolute atomic E-state index is 13.9. The molecule has 39 heavy (non-hydrogen) atoms. The molecule has 2 aromatic carbocycles. The van der Waals surface area contributed by atoms with Crippen LogP contribution in [0.3, 0.4) is 0 Å². The van der Waals surface area contributed by atoms with Gasteiger partial charge >= 0.3 is 6.03 Å². The molecule has 1 fully saturated rings. The van der Waals surface area contributed by atoms with E-state index < -0.39 is 11.8 Å². The molecule has 0 aliphatic heterocycles. The van der Waals surface area contributed by atoms with Gasteiger partial charge in [-0.05, 0) is 68.1 Å². The Hall–Kier alpha value is -3.32.